The summed E-state index contributed by atoms with van der Waals surface area (Å²) in [6.45, 7) is 8.36. The van der Waals surface area contributed by atoms with Crippen LogP contribution >= 0.6 is 0 Å². The van der Waals surface area contributed by atoms with Gasteiger partial charge in [-0.2, -0.15) is 0 Å². The first-order chi connectivity index (χ1) is 10.3. The van der Waals surface area contributed by atoms with Crippen LogP contribution in [0.3, 0.4) is 0 Å². The van der Waals surface area contributed by atoms with Gasteiger partial charge in [0.05, 0.1) is 13.7 Å². The van der Waals surface area contributed by atoms with Gasteiger partial charge in [-0.15, -0.1) is 0 Å². The topological polar surface area (TPSA) is 18.5 Å². The third kappa shape index (κ3) is 4.47. The lowest BCUT2D eigenvalue weighted by molar-refractivity contribution is 0.185. The second-order valence-electron chi connectivity index (χ2n) is 4.29. The highest BCUT2D eigenvalue weighted by Gasteiger charge is 2.07. The molecule has 0 aliphatic carbocycles. The number of ether oxygens (including phenoxy) is 2. The Labute approximate surface area is 128 Å². The van der Waals surface area contributed by atoms with Gasteiger partial charge in [-0.05, 0) is 28.8 Å². The van der Waals surface area contributed by atoms with Crippen LogP contribution < -0.4 is 4.74 Å². The van der Waals surface area contributed by atoms with Crippen molar-refractivity contribution < 1.29 is 9.47 Å². The van der Waals surface area contributed by atoms with Crippen LogP contribution in [0.25, 0.3) is 17.2 Å². The Bertz CT molecular complexity index is 556. The first-order valence-electron chi connectivity index (χ1n) is 7.17. The predicted octanol–water partition coefficient (Wildman–Crippen LogP) is 5.18. The van der Waals surface area contributed by atoms with E-state index in [2.05, 4.69) is 24.8 Å². The highest BCUT2D eigenvalue weighted by atomic mass is 16.5. The minimum atomic E-state index is 0.599. The van der Waals surface area contributed by atoms with E-state index in [0.717, 1.165) is 28.0 Å². The van der Waals surface area contributed by atoms with Gasteiger partial charge in [0.15, 0.2) is 0 Å². The predicted molar refractivity (Wildman–Crippen MR) is 90.6 cm³/mol. The molecule has 112 valence electrons. The van der Waals surface area contributed by atoms with Gasteiger partial charge in [0.2, 0.25) is 0 Å². The van der Waals surface area contributed by atoms with Crippen molar-refractivity contribution in [3.05, 3.63) is 60.2 Å². The maximum atomic E-state index is 5.43. The Morgan fingerprint density at radius 2 is 1.67 bits per heavy atom. The zero-order chi connectivity index (χ0) is 15.7. The molecule has 0 spiro atoms. The highest BCUT2D eigenvalue weighted by Crippen LogP contribution is 2.31. The SMILES string of the molecule is C=Cc1ccc(-c2cc(COC)ccc2OC)cc1.CC. The van der Waals surface area contributed by atoms with Gasteiger partial charge >= 0.3 is 0 Å². The van der Waals surface area contributed by atoms with E-state index < -0.39 is 0 Å². The van der Waals surface area contributed by atoms with Gasteiger partial charge in [0, 0.05) is 12.7 Å². The molecule has 0 amide bonds. The van der Waals surface area contributed by atoms with Crippen LogP contribution in [0.1, 0.15) is 25.0 Å². The van der Waals surface area contributed by atoms with E-state index in [1.54, 1.807) is 14.2 Å². The van der Waals surface area contributed by atoms with E-state index >= 15 is 0 Å². The second kappa shape index (κ2) is 8.98. The molecule has 0 aliphatic heterocycles. The van der Waals surface area contributed by atoms with E-state index in [4.69, 9.17) is 9.47 Å². The zero-order valence-corrected chi connectivity index (χ0v) is 13.3. The van der Waals surface area contributed by atoms with E-state index in [-0.39, 0.29) is 0 Å². The number of hydrogen-bond acceptors (Lipinski definition) is 2. The lowest BCUT2D eigenvalue weighted by atomic mass is 10.0. The molecule has 0 fully saturated rings. The fraction of sp³-hybridized carbons (Fsp3) is 0.263. The standard InChI is InChI=1S/C17H18O2.C2H6/c1-4-13-5-8-15(9-6-13)16-11-14(12-18-2)7-10-17(16)19-3;1-2/h4-11H,1,12H2,2-3H3;1-2H3. The van der Waals surface area contributed by atoms with Crippen LogP contribution in [-0.2, 0) is 11.3 Å². The van der Waals surface area contributed by atoms with E-state index in [1.807, 2.05) is 44.2 Å². The summed E-state index contributed by atoms with van der Waals surface area (Å²) in [5, 5.41) is 0. The number of benzene rings is 2. The van der Waals surface area contributed by atoms with Crippen LogP contribution in [-0.4, -0.2) is 14.2 Å². The average molecular weight is 284 g/mol. The maximum absolute atomic E-state index is 5.43. The normalized spacial score (nSPS) is 9.52. The summed E-state index contributed by atoms with van der Waals surface area (Å²) in [4.78, 5) is 0. The summed E-state index contributed by atoms with van der Waals surface area (Å²) in [5.41, 5.74) is 4.44. The van der Waals surface area contributed by atoms with E-state index in [0.29, 0.717) is 6.61 Å². The summed E-state index contributed by atoms with van der Waals surface area (Å²) in [6.07, 6.45) is 1.84. The molecule has 0 unspecified atom stereocenters. The Kier molecular flexibility index (Phi) is 7.27. The summed E-state index contributed by atoms with van der Waals surface area (Å²) in [6, 6.07) is 14.3. The Morgan fingerprint density at radius 1 is 1.00 bits per heavy atom. The van der Waals surface area contributed by atoms with Crippen molar-refractivity contribution in [3.63, 3.8) is 0 Å². The van der Waals surface area contributed by atoms with Crippen molar-refractivity contribution in [1.82, 2.24) is 0 Å². The molecule has 2 rings (SSSR count). The summed E-state index contributed by atoms with van der Waals surface area (Å²) < 4.78 is 10.6. The van der Waals surface area contributed by atoms with Gasteiger partial charge < -0.3 is 9.47 Å². The Hall–Kier alpha value is -2.06. The van der Waals surface area contributed by atoms with E-state index in [9.17, 15) is 0 Å². The van der Waals surface area contributed by atoms with Crippen molar-refractivity contribution in [2.24, 2.45) is 0 Å². The van der Waals surface area contributed by atoms with Crippen molar-refractivity contribution in [3.8, 4) is 16.9 Å². The van der Waals surface area contributed by atoms with Crippen LogP contribution in [0.4, 0.5) is 0 Å². The summed E-state index contributed by atoms with van der Waals surface area (Å²) in [7, 11) is 3.38. The molecular weight excluding hydrogens is 260 g/mol. The van der Waals surface area contributed by atoms with Gasteiger partial charge in [-0.1, -0.05) is 56.8 Å². The molecule has 0 aromatic heterocycles. The number of methoxy groups -OCH3 is 2. The molecule has 2 aromatic rings. The largest absolute Gasteiger partial charge is 0.496 e. The van der Waals surface area contributed by atoms with Crippen LogP contribution in [0.5, 0.6) is 5.75 Å². The molecule has 2 aromatic carbocycles. The molecule has 2 nitrogen and oxygen atoms in total. The van der Waals surface area contributed by atoms with Crippen molar-refractivity contribution in [1.29, 1.82) is 0 Å². The number of rotatable bonds is 5. The zero-order valence-electron chi connectivity index (χ0n) is 13.3. The van der Waals surface area contributed by atoms with Crippen LogP contribution in [0, 0.1) is 0 Å². The van der Waals surface area contributed by atoms with Gasteiger partial charge in [0.1, 0.15) is 5.75 Å². The van der Waals surface area contributed by atoms with Gasteiger partial charge in [0.25, 0.3) is 0 Å². The molecular formula is C19H24O2. The smallest absolute Gasteiger partial charge is 0.126 e. The molecule has 2 heteroatoms. The molecule has 0 radical (unpaired) electrons. The van der Waals surface area contributed by atoms with Crippen LogP contribution in [0.2, 0.25) is 0 Å². The molecule has 0 N–H and O–H groups in total. The molecule has 0 saturated carbocycles. The average Bonchev–Trinajstić information content (AvgIpc) is 2.57. The summed E-state index contributed by atoms with van der Waals surface area (Å²) >= 11 is 0. The minimum Gasteiger partial charge on any atom is -0.496 e. The first kappa shape index (κ1) is 17.0. The van der Waals surface area contributed by atoms with Crippen molar-refractivity contribution >= 4 is 6.08 Å². The maximum Gasteiger partial charge on any atom is 0.126 e. The fourth-order valence-corrected chi connectivity index (χ4v) is 2.04. The Balaban J connectivity index is 0.00000106. The molecule has 0 bridgehead atoms. The quantitative estimate of drug-likeness (QED) is 0.753. The Morgan fingerprint density at radius 3 is 2.19 bits per heavy atom. The molecule has 0 aliphatic rings. The lowest BCUT2D eigenvalue weighted by Gasteiger charge is -2.11. The monoisotopic (exact) mass is 284 g/mol. The third-order valence-electron chi connectivity index (χ3n) is 3.03. The first-order valence-corrected chi connectivity index (χ1v) is 7.17. The van der Waals surface area contributed by atoms with E-state index in [1.165, 1.54) is 0 Å². The fourth-order valence-electron chi connectivity index (χ4n) is 2.04. The minimum absolute atomic E-state index is 0.599. The van der Waals surface area contributed by atoms with Gasteiger partial charge in [-0.25, -0.2) is 0 Å². The molecule has 21 heavy (non-hydrogen) atoms. The van der Waals surface area contributed by atoms with Crippen molar-refractivity contribution in [2.75, 3.05) is 14.2 Å². The molecule has 0 saturated heterocycles. The van der Waals surface area contributed by atoms with Crippen LogP contribution in [0.15, 0.2) is 49.0 Å². The summed E-state index contributed by atoms with van der Waals surface area (Å²) in [5.74, 6) is 0.867. The lowest BCUT2D eigenvalue weighted by Crippen LogP contribution is -1.92. The van der Waals surface area contributed by atoms with Gasteiger partial charge in [-0.3, -0.25) is 0 Å². The molecule has 0 atom stereocenters. The molecule has 0 heterocycles. The third-order valence-corrected chi connectivity index (χ3v) is 3.03. The second-order valence-corrected chi connectivity index (χ2v) is 4.29. The number of hydrogen-bond donors (Lipinski definition) is 0. The van der Waals surface area contributed by atoms with Crippen molar-refractivity contribution in [2.45, 2.75) is 20.5 Å². The highest BCUT2D eigenvalue weighted by molar-refractivity contribution is 5.72.